The molecule has 0 heterocycles. The van der Waals surface area contributed by atoms with Crippen molar-refractivity contribution in [2.75, 3.05) is 13.6 Å². The summed E-state index contributed by atoms with van der Waals surface area (Å²) in [5, 5.41) is 26.7. The van der Waals surface area contributed by atoms with Gasteiger partial charge in [0.2, 0.25) is 0 Å². The van der Waals surface area contributed by atoms with E-state index in [4.69, 9.17) is 10.2 Å². The summed E-state index contributed by atoms with van der Waals surface area (Å²) >= 11 is 0. The van der Waals surface area contributed by atoms with Crippen LogP contribution in [0.15, 0.2) is 18.2 Å². The van der Waals surface area contributed by atoms with Gasteiger partial charge in [0.05, 0.1) is 0 Å². The molecule has 16 heavy (non-hydrogen) atoms. The summed E-state index contributed by atoms with van der Waals surface area (Å²) in [6, 6.07) is 3.54. The summed E-state index contributed by atoms with van der Waals surface area (Å²) in [7, 11) is 1.33. The summed E-state index contributed by atoms with van der Waals surface area (Å²) < 4.78 is 0. The molecule has 0 saturated heterocycles. The van der Waals surface area contributed by atoms with Crippen molar-refractivity contribution in [1.82, 2.24) is 4.90 Å². The molecule has 1 aromatic rings. The standard InChI is InChI=1S/C10H11NO5/c1-11(5-9(14)15)10(16)6-2-3-7(12)8(13)4-6/h2-4,12-13H,5H2,1H3,(H,14,15). The largest absolute Gasteiger partial charge is 0.504 e. The molecule has 1 rings (SSSR count). The SMILES string of the molecule is CN(CC(=O)O)C(=O)c1ccc(O)c(O)c1. The van der Waals surface area contributed by atoms with E-state index in [-0.39, 0.29) is 11.3 Å². The number of carbonyl (C=O) groups is 2. The molecule has 1 aromatic carbocycles. The normalized spacial score (nSPS) is 9.81. The van der Waals surface area contributed by atoms with Crippen LogP contribution in [0.25, 0.3) is 0 Å². The summed E-state index contributed by atoms with van der Waals surface area (Å²) in [6.45, 7) is -0.430. The number of hydrogen-bond donors (Lipinski definition) is 3. The van der Waals surface area contributed by atoms with Crippen LogP contribution in [0.3, 0.4) is 0 Å². The summed E-state index contributed by atoms with van der Waals surface area (Å²) in [6.07, 6.45) is 0. The number of phenolic OH excluding ortho intramolecular Hbond substituents is 2. The lowest BCUT2D eigenvalue weighted by Gasteiger charge is -2.14. The van der Waals surface area contributed by atoms with Crippen molar-refractivity contribution in [3.63, 3.8) is 0 Å². The second-order valence-corrected chi connectivity index (χ2v) is 3.26. The molecule has 86 valence electrons. The van der Waals surface area contributed by atoms with Gasteiger partial charge in [-0.2, -0.15) is 0 Å². The Balaban J connectivity index is 2.88. The molecule has 0 aliphatic heterocycles. The van der Waals surface area contributed by atoms with Crippen molar-refractivity contribution >= 4 is 11.9 Å². The maximum Gasteiger partial charge on any atom is 0.323 e. The Morgan fingerprint density at radius 2 is 1.88 bits per heavy atom. The smallest absolute Gasteiger partial charge is 0.323 e. The average Bonchev–Trinajstić information content (AvgIpc) is 2.20. The van der Waals surface area contributed by atoms with Gasteiger partial charge in [-0.25, -0.2) is 0 Å². The number of aliphatic carboxylic acids is 1. The Bertz CT molecular complexity index is 429. The first-order chi connectivity index (χ1) is 7.41. The van der Waals surface area contributed by atoms with Crippen molar-refractivity contribution < 1.29 is 24.9 Å². The molecule has 0 radical (unpaired) electrons. The van der Waals surface area contributed by atoms with Gasteiger partial charge in [-0.3, -0.25) is 9.59 Å². The van der Waals surface area contributed by atoms with E-state index in [1.54, 1.807) is 0 Å². The zero-order chi connectivity index (χ0) is 12.3. The highest BCUT2D eigenvalue weighted by atomic mass is 16.4. The first-order valence-corrected chi connectivity index (χ1v) is 4.41. The lowest BCUT2D eigenvalue weighted by atomic mass is 10.2. The van der Waals surface area contributed by atoms with Gasteiger partial charge in [0.25, 0.3) is 5.91 Å². The molecule has 0 atom stereocenters. The quantitative estimate of drug-likeness (QED) is 0.641. The van der Waals surface area contributed by atoms with Gasteiger partial charge < -0.3 is 20.2 Å². The number of rotatable bonds is 3. The fourth-order valence-corrected chi connectivity index (χ4v) is 1.15. The van der Waals surface area contributed by atoms with Gasteiger partial charge in [-0.1, -0.05) is 0 Å². The third-order valence-corrected chi connectivity index (χ3v) is 1.94. The Morgan fingerprint density at radius 3 is 2.38 bits per heavy atom. The second-order valence-electron chi connectivity index (χ2n) is 3.26. The molecule has 6 nitrogen and oxygen atoms in total. The van der Waals surface area contributed by atoms with Gasteiger partial charge >= 0.3 is 5.97 Å². The lowest BCUT2D eigenvalue weighted by molar-refractivity contribution is -0.137. The molecule has 0 bridgehead atoms. The van der Waals surface area contributed by atoms with Crippen molar-refractivity contribution in [3.8, 4) is 11.5 Å². The molecule has 0 aliphatic rings. The van der Waals surface area contributed by atoms with Crippen LogP contribution < -0.4 is 0 Å². The number of aromatic hydroxyl groups is 2. The van der Waals surface area contributed by atoms with Gasteiger partial charge in [-0.15, -0.1) is 0 Å². The summed E-state index contributed by atoms with van der Waals surface area (Å²) in [5.41, 5.74) is 0.110. The fraction of sp³-hybridized carbons (Fsp3) is 0.200. The number of carboxylic acids is 1. The van der Waals surface area contributed by atoms with E-state index in [0.29, 0.717) is 0 Å². The Kier molecular flexibility index (Phi) is 3.34. The van der Waals surface area contributed by atoms with Crippen molar-refractivity contribution in [2.24, 2.45) is 0 Å². The first-order valence-electron chi connectivity index (χ1n) is 4.41. The number of nitrogens with zero attached hydrogens (tertiary/aromatic N) is 1. The van der Waals surface area contributed by atoms with E-state index >= 15 is 0 Å². The minimum atomic E-state index is -1.13. The van der Waals surface area contributed by atoms with E-state index in [1.165, 1.54) is 13.1 Å². The predicted octanol–water partition coefficient (Wildman–Crippen LogP) is 0.254. The summed E-state index contributed by atoms with van der Waals surface area (Å²) in [4.78, 5) is 23.0. The van der Waals surface area contributed by atoms with E-state index in [0.717, 1.165) is 17.0 Å². The lowest BCUT2D eigenvalue weighted by Crippen LogP contribution is -2.31. The molecular weight excluding hydrogens is 214 g/mol. The summed E-state index contributed by atoms with van der Waals surface area (Å²) in [5.74, 6) is -2.43. The number of benzene rings is 1. The van der Waals surface area contributed by atoms with E-state index < -0.39 is 24.2 Å². The van der Waals surface area contributed by atoms with Crippen LogP contribution in [0.1, 0.15) is 10.4 Å². The van der Waals surface area contributed by atoms with Crippen LogP contribution in [0.4, 0.5) is 0 Å². The molecule has 0 aromatic heterocycles. The van der Waals surface area contributed by atoms with Crippen LogP contribution in [-0.4, -0.2) is 45.7 Å². The maximum absolute atomic E-state index is 11.6. The molecule has 3 N–H and O–H groups in total. The van der Waals surface area contributed by atoms with Gasteiger partial charge in [0.15, 0.2) is 11.5 Å². The second kappa shape index (κ2) is 4.52. The predicted molar refractivity (Wildman–Crippen MR) is 54.4 cm³/mol. The van der Waals surface area contributed by atoms with E-state index in [9.17, 15) is 14.7 Å². The van der Waals surface area contributed by atoms with Gasteiger partial charge in [0, 0.05) is 12.6 Å². The Labute approximate surface area is 91.4 Å². The minimum absolute atomic E-state index is 0.110. The zero-order valence-electron chi connectivity index (χ0n) is 8.54. The average molecular weight is 225 g/mol. The molecule has 0 saturated carbocycles. The highest BCUT2D eigenvalue weighted by Crippen LogP contribution is 2.25. The minimum Gasteiger partial charge on any atom is -0.504 e. The van der Waals surface area contributed by atoms with Crippen LogP contribution in [0.5, 0.6) is 11.5 Å². The number of amides is 1. The molecule has 0 aliphatic carbocycles. The molecule has 0 unspecified atom stereocenters. The van der Waals surface area contributed by atoms with Crippen molar-refractivity contribution in [2.45, 2.75) is 0 Å². The Hall–Kier alpha value is -2.24. The molecule has 6 heteroatoms. The van der Waals surface area contributed by atoms with Gasteiger partial charge in [0.1, 0.15) is 6.54 Å². The monoisotopic (exact) mass is 225 g/mol. The van der Waals surface area contributed by atoms with Crippen LogP contribution in [0.2, 0.25) is 0 Å². The molecule has 0 fully saturated rings. The molecule has 0 spiro atoms. The number of hydrogen-bond acceptors (Lipinski definition) is 4. The highest BCUT2D eigenvalue weighted by molar-refractivity contribution is 5.96. The van der Waals surface area contributed by atoms with Crippen LogP contribution in [0, 0.1) is 0 Å². The topological polar surface area (TPSA) is 98.1 Å². The highest BCUT2D eigenvalue weighted by Gasteiger charge is 2.15. The van der Waals surface area contributed by atoms with E-state index in [1.807, 2.05) is 0 Å². The van der Waals surface area contributed by atoms with Crippen molar-refractivity contribution in [3.05, 3.63) is 23.8 Å². The van der Waals surface area contributed by atoms with Crippen LogP contribution >= 0.6 is 0 Å². The number of likely N-dealkylation sites (N-methyl/N-ethyl adjacent to an activating group) is 1. The Morgan fingerprint density at radius 1 is 1.25 bits per heavy atom. The van der Waals surface area contributed by atoms with Crippen molar-refractivity contribution in [1.29, 1.82) is 0 Å². The third-order valence-electron chi connectivity index (χ3n) is 1.94. The van der Waals surface area contributed by atoms with Crippen LogP contribution in [-0.2, 0) is 4.79 Å². The number of carbonyl (C=O) groups excluding carboxylic acids is 1. The van der Waals surface area contributed by atoms with E-state index in [2.05, 4.69) is 0 Å². The molecule has 1 amide bonds. The maximum atomic E-state index is 11.6. The third kappa shape index (κ3) is 2.63. The first kappa shape index (κ1) is 11.8. The molecular formula is C10H11NO5. The zero-order valence-corrected chi connectivity index (χ0v) is 8.54. The van der Waals surface area contributed by atoms with Gasteiger partial charge in [-0.05, 0) is 18.2 Å². The number of phenols is 2. The fourth-order valence-electron chi connectivity index (χ4n) is 1.15. The number of carboxylic acid groups (broad SMARTS) is 1.